The van der Waals surface area contributed by atoms with Gasteiger partial charge < -0.3 is 18.7 Å². The number of halogens is 2. The van der Waals surface area contributed by atoms with E-state index in [0.717, 1.165) is 12.1 Å². The number of benzene rings is 2. The van der Waals surface area contributed by atoms with E-state index in [1.54, 1.807) is 24.3 Å². The first-order valence-electron chi connectivity index (χ1n) is 8.08. The zero-order valence-electron chi connectivity index (χ0n) is 13.9. The van der Waals surface area contributed by atoms with Crippen molar-refractivity contribution in [1.29, 1.82) is 0 Å². The summed E-state index contributed by atoms with van der Waals surface area (Å²) in [6.45, 7) is 0.661. The predicted molar refractivity (Wildman–Crippen MR) is 88.4 cm³/mol. The number of hydrogen-bond donors (Lipinski definition) is 0. The summed E-state index contributed by atoms with van der Waals surface area (Å²) < 4.78 is 48.3. The minimum atomic E-state index is -1.12. The molecule has 0 fully saturated rings. The van der Waals surface area contributed by atoms with Crippen molar-refractivity contribution in [2.45, 2.75) is 6.61 Å². The maximum atomic E-state index is 13.6. The lowest BCUT2D eigenvalue weighted by atomic mass is 10.1. The van der Waals surface area contributed by atoms with Crippen molar-refractivity contribution < 1.29 is 32.3 Å². The van der Waals surface area contributed by atoms with Crippen molar-refractivity contribution in [3.05, 3.63) is 65.4 Å². The Morgan fingerprint density at radius 3 is 2.56 bits per heavy atom. The lowest BCUT2D eigenvalue weighted by Crippen LogP contribution is -2.15. The molecule has 0 saturated carbocycles. The van der Waals surface area contributed by atoms with E-state index in [2.05, 4.69) is 5.16 Å². The lowest BCUT2D eigenvalue weighted by molar-refractivity contribution is 0.0453. The Kier molecular flexibility index (Phi) is 4.45. The molecule has 27 heavy (non-hydrogen) atoms. The summed E-state index contributed by atoms with van der Waals surface area (Å²) in [6, 6.07) is 9.98. The average molecular weight is 373 g/mol. The third-order valence-electron chi connectivity index (χ3n) is 3.90. The molecular formula is C19H13F2NO5. The first kappa shape index (κ1) is 17.0. The van der Waals surface area contributed by atoms with E-state index in [1.807, 2.05) is 0 Å². The fourth-order valence-corrected chi connectivity index (χ4v) is 2.62. The van der Waals surface area contributed by atoms with Crippen LogP contribution in [0.15, 0.2) is 47.0 Å². The average Bonchev–Trinajstić information content (AvgIpc) is 3.15. The van der Waals surface area contributed by atoms with Crippen molar-refractivity contribution >= 4 is 5.97 Å². The molecule has 0 saturated heterocycles. The Bertz CT molecular complexity index is 981. The molecule has 2 heterocycles. The Hall–Kier alpha value is -3.42. The van der Waals surface area contributed by atoms with Crippen molar-refractivity contribution in [3.8, 4) is 22.8 Å². The number of carbonyl (C=O) groups is 1. The Labute approximate surface area is 152 Å². The van der Waals surface area contributed by atoms with Crippen LogP contribution in [-0.2, 0) is 11.3 Å². The van der Waals surface area contributed by atoms with E-state index in [0.29, 0.717) is 41.7 Å². The molecule has 0 unspecified atom stereocenters. The summed E-state index contributed by atoms with van der Waals surface area (Å²) in [6.07, 6.45) is 0. The Morgan fingerprint density at radius 2 is 1.78 bits per heavy atom. The molecule has 138 valence electrons. The summed E-state index contributed by atoms with van der Waals surface area (Å²) in [4.78, 5) is 11.9. The molecule has 0 atom stereocenters. The number of aromatic nitrogens is 1. The van der Waals surface area contributed by atoms with Gasteiger partial charge in [0, 0.05) is 11.6 Å². The van der Waals surface area contributed by atoms with Crippen LogP contribution in [0.1, 0.15) is 16.1 Å². The maximum Gasteiger partial charge on any atom is 0.344 e. The minimum Gasteiger partial charge on any atom is -0.486 e. The van der Waals surface area contributed by atoms with Crippen molar-refractivity contribution in [2.24, 2.45) is 0 Å². The summed E-state index contributed by atoms with van der Waals surface area (Å²) in [7, 11) is 0. The van der Waals surface area contributed by atoms with E-state index < -0.39 is 23.2 Å². The highest BCUT2D eigenvalue weighted by Crippen LogP contribution is 2.34. The molecule has 0 aliphatic carbocycles. The highest BCUT2D eigenvalue weighted by atomic mass is 19.1. The summed E-state index contributed by atoms with van der Waals surface area (Å²) in [5.74, 6) is -1.43. The third kappa shape index (κ3) is 3.46. The topological polar surface area (TPSA) is 70.8 Å². The number of esters is 1. The molecule has 2 aromatic carbocycles. The van der Waals surface area contributed by atoms with Crippen LogP contribution in [0.4, 0.5) is 8.78 Å². The Morgan fingerprint density at radius 1 is 1.04 bits per heavy atom. The van der Waals surface area contributed by atoms with Crippen LogP contribution < -0.4 is 9.47 Å². The van der Waals surface area contributed by atoms with Crippen LogP contribution in [0.3, 0.4) is 0 Å². The van der Waals surface area contributed by atoms with E-state index in [1.165, 1.54) is 6.07 Å². The molecule has 6 nitrogen and oxygen atoms in total. The van der Waals surface area contributed by atoms with E-state index in [-0.39, 0.29) is 6.61 Å². The number of fused-ring (bicyclic) bond motifs is 1. The molecule has 8 heteroatoms. The van der Waals surface area contributed by atoms with Crippen molar-refractivity contribution in [2.75, 3.05) is 13.2 Å². The second kappa shape index (κ2) is 7.06. The molecular weight excluding hydrogens is 360 g/mol. The second-order valence-corrected chi connectivity index (χ2v) is 5.71. The molecule has 1 aliphatic heterocycles. The molecule has 0 spiro atoms. The molecule has 0 radical (unpaired) electrons. The van der Waals surface area contributed by atoms with Crippen LogP contribution in [0.25, 0.3) is 11.3 Å². The van der Waals surface area contributed by atoms with Gasteiger partial charge in [0.05, 0.1) is 0 Å². The third-order valence-corrected chi connectivity index (χ3v) is 3.90. The van der Waals surface area contributed by atoms with Crippen LogP contribution in [0.5, 0.6) is 11.5 Å². The first-order valence-corrected chi connectivity index (χ1v) is 8.08. The lowest BCUT2D eigenvalue weighted by Gasteiger charge is -2.18. The maximum absolute atomic E-state index is 13.6. The number of carbonyl (C=O) groups excluding carboxylic acids is 1. The first-order chi connectivity index (χ1) is 13.1. The summed E-state index contributed by atoms with van der Waals surface area (Å²) in [5.41, 5.74) is 0.252. The van der Waals surface area contributed by atoms with E-state index >= 15 is 0 Å². The van der Waals surface area contributed by atoms with Crippen LogP contribution in [0.2, 0.25) is 0 Å². The molecule has 0 amide bonds. The minimum absolute atomic E-state index is 0.291. The molecule has 3 aromatic rings. The van der Waals surface area contributed by atoms with Crippen molar-refractivity contribution in [3.63, 3.8) is 0 Å². The normalized spacial score (nSPS) is 12.7. The Balaban J connectivity index is 1.46. The SMILES string of the molecule is O=C(OCc1cc(-c2ccc3c(c2)OCCO3)on1)c1c(F)cccc1F. The zero-order valence-corrected chi connectivity index (χ0v) is 13.9. The van der Waals surface area contributed by atoms with Gasteiger partial charge in [0.2, 0.25) is 0 Å². The van der Waals surface area contributed by atoms with Crippen LogP contribution in [-0.4, -0.2) is 24.3 Å². The smallest absolute Gasteiger partial charge is 0.344 e. The van der Waals surface area contributed by atoms with Gasteiger partial charge in [-0.3, -0.25) is 0 Å². The highest BCUT2D eigenvalue weighted by Gasteiger charge is 2.20. The van der Waals surface area contributed by atoms with Crippen LogP contribution in [0, 0.1) is 11.6 Å². The fourth-order valence-electron chi connectivity index (χ4n) is 2.62. The summed E-state index contributed by atoms with van der Waals surface area (Å²) >= 11 is 0. The molecule has 1 aliphatic rings. The fraction of sp³-hybridized carbons (Fsp3) is 0.158. The summed E-state index contributed by atoms with van der Waals surface area (Å²) in [5, 5.41) is 3.80. The predicted octanol–water partition coefficient (Wildman–Crippen LogP) is 3.75. The molecule has 0 N–H and O–H groups in total. The van der Waals surface area contributed by atoms with Gasteiger partial charge in [-0.2, -0.15) is 0 Å². The van der Waals surface area contributed by atoms with Gasteiger partial charge in [-0.1, -0.05) is 11.2 Å². The van der Waals surface area contributed by atoms with Gasteiger partial charge in [0.1, 0.15) is 42.7 Å². The van der Waals surface area contributed by atoms with Gasteiger partial charge in [-0.05, 0) is 30.3 Å². The standard InChI is InChI=1S/C19H13F2NO5/c20-13-2-1-3-14(21)18(13)19(23)26-10-12-9-16(27-22-12)11-4-5-15-17(8-11)25-7-6-24-15/h1-5,8-9H,6-7,10H2. The van der Waals surface area contributed by atoms with Gasteiger partial charge in [0.15, 0.2) is 17.3 Å². The number of ether oxygens (including phenoxy) is 3. The molecule has 0 bridgehead atoms. The number of rotatable bonds is 4. The largest absolute Gasteiger partial charge is 0.486 e. The zero-order chi connectivity index (χ0) is 18.8. The van der Waals surface area contributed by atoms with E-state index in [4.69, 9.17) is 18.7 Å². The number of nitrogens with zero attached hydrogens (tertiary/aromatic N) is 1. The monoisotopic (exact) mass is 373 g/mol. The van der Waals surface area contributed by atoms with Gasteiger partial charge in [-0.15, -0.1) is 0 Å². The van der Waals surface area contributed by atoms with Gasteiger partial charge in [-0.25, -0.2) is 13.6 Å². The van der Waals surface area contributed by atoms with Crippen LogP contribution >= 0.6 is 0 Å². The quantitative estimate of drug-likeness (QED) is 0.649. The number of hydrogen-bond acceptors (Lipinski definition) is 6. The second-order valence-electron chi connectivity index (χ2n) is 5.71. The van der Waals surface area contributed by atoms with Gasteiger partial charge in [0.25, 0.3) is 0 Å². The highest BCUT2D eigenvalue weighted by molar-refractivity contribution is 5.90. The van der Waals surface area contributed by atoms with Gasteiger partial charge >= 0.3 is 5.97 Å². The molecule has 4 rings (SSSR count). The van der Waals surface area contributed by atoms with E-state index in [9.17, 15) is 13.6 Å². The van der Waals surface area contributed by atoms with Crippen molar-refractivity contribution in [1.82, 2.24) is 5.16 Å². The molecule has 1 aromatic heterocycles.